The van der Waals surface area contributed by atoms with Gasteiger partial charge in [-0.1, -0.05) is 237 Å². The number of thiocarbonyl (C=S) groups is 4. The Morgan fingerprint density at radius 1 is 0.433 bits per heavy atom. The van der Waals surface area contributed by atoms with Crippen molar-refractivity contribution in [1.29, 1.82) is 0 Å². The molecule has 0 saturated carbocycles. The number of carbonyl (C=O) groups excluding carboxylic acids is 7. The van der Waals surface area contributed by atoms with Crippen molar-refractivity contribution in [1.82, 2.24) is 45.1 Å². The molecule has 8 aromatic heterocycles. The predicted molar refractivity (Wildman–Crippen MR) is 495 cm³/mol. The van der Waals surface area contributed by atoms with E-state index in [1.165, 1.54) is 227 Å². The maximum atomic E-state index is 12.7. The number of halogens is 3. The number of alkyl halides is 3. The Morgan fingerprint density at radius 3 is 1.07 bits per heavy atom. The topological polar surface area (TPSA) is 386 Å². The normalized spacial score (nSPS) is 9.85. The second-order valence-corrected chi connectivity index (χ2v) is 29.1. The molecule has 0 aliphatic carbocycles. The second-order valence-electron chi connectivity index (χ2n) is 28.4. The summed E-state index contributed by atoms with van der Waals surface area (Å²) in [4.78, 5) is 101. The van der Waals surface area contributed by atoms with Crippen LogP contribution < -0.4 is 10.2 Å². The summed E-state index contributed by atoms with van der Waals surface area (Å²) in [6.07, 6.45) is 30.1. The van der Waals surface area contributed by atoms with Gasteiger partial charge in [0, 0.05) is 42.2 Å². The van der Waals surface area contributed by atoms with Crippen LogP contribution >= 0.6 is 48.9 Å². The Kier molecular flexibility index (Phi) is 76.5. The van der Waals surface area contributed by atoms with Gasteiger partial charge in [-0.2, -0.15) is 62.6 Å². The molecule has 0 aliphatic heterocycles. The van der Waals surface area contributed by atoms with Crippen LogP contribution in [0.5, 0.6) is 0 Å². The van der Waals surface area contributed by atoms with Crippen LogP contribution in [-0.2, 0) is 79.3 Å². The van der Waals surface area contributed by atoms with Crippen molar-refractivity contribution < 1.29 is 110 Å². The average molecular weight is 1990 g/mol. The number of hydrogen-bond acceptors (Lipinski definition) is 21. The van der Waals surface area contributed by atoms with Crippen molar-refractivity contribution in [3.63, 3.8) is 0 Å². The molecule has 25 nitrogen and oxygen atoms in total. The summed E-state index contributed by atoms with van der Waals surface area (Å²) in [7, 11) is 0. The molecule has 0 unspecified atom stereocenters. The number of isothiocyanates is 4. The van der Waals surface area contributed by atoms with Crippen molar-refractivity contribution in [2.24, 2.45) is 0 Å². The number of aryl methyl sites for hydroxylation is 1. The molecule has 0 saturated heterocycles. The number of benzene rings is 1. The fraction of sp³-hybridized carbons (Fsp3) is 0.409. The Hall–Kier alpha value is -10.5. The molecule has 127 heavy (non-hydrogen) atoms. The molecule has 1 aromatic carbocycles. The summed E-state index contributed by atoms with van der Waals surface area (Å²) in [6, 6.07) is 38.9. The van der Waals surface area contributed by atoms with Crippen molar-refractivity contribution >= 4 is 112 Å². The number of rotatable bonds is 33. The zero-order valence-electron chi connectivity index (χ0n) is 74.0. The van der Waals surface area contributed by atoms with Crippen LogP contribution in [0.4, 0.5) is 13.2 Å². The molecule has 0 spiro atoms. The van der Waals surface area contributed by atoms with Gasteiger partial charge in [-0.3, -0.25) is 24.9 Å². The molecular weight excluding hydrogens is 1870 g/mol. The zero-order valence-corrected chi connectivity index (χ0v) is 80.8. The number of unbranched alkanes of at least 4 members (excludes halogenated alkanes) is 8. The summed E-state index contributed by atoms with van der Waals surface area (Å²) < 4.78 is 40.9. The van der Waals surface area contributed by atoms with E-state index in [2.05, 4.69) is 182 Å². The Morgan fingerprint density at radius 2 is 0.748 bits per heavy atom. The summed E-state index contributed by atoms with van der Waals surface area (Å²) in [5.74, 6) is -2.22. The van der Waals surface area contributed by atoms with E-state index in [9.17, 15) is 27.9 Å². The molecule has 8 heterocycles. The average Bonchev–Trinajstić information content (AvgIpc) is 1.78. The molecule has 34 heteroatoms. The van der Waals surface area contributed by atoms with E-state index in [1.807, 2.05) is 85.8 Å². The van der Waals surface area contributed by atoms with E-state index in [-0.39, 0.29) is 79.6 Å². The van der Waals surface area contributed by atoms with Crippen LogP contribution in [0.15, 0.2) is 164 Å². The number of aromatic nitrogens is 9. The van der Waals surface area contributed by atoms with Gasteiger partial charge < -0.3 is 55.8 Å². The third kappa shape index (κ3) is 57.0. The largest absolute Gasteiger partial charge is 3.00 e. The fourth-order valence-corrected chi connectivity index (χ4v) is 11.9. The third-order valence-corrected chi connectivity index (χ3v) is 18.1. The SMILES string of the molecule is CC(C)(C)c1ccc(/C=C/c2ccnc(-c3cc(C(F)(F)F)n[n-]3)c2)cc1.CCCC[N+](CCCC)(CCCC)CCCC.CCCC[N+](CCCC)(CCCC)CCCC.Cc1ccnc(-c2cccc(-c3cc(C(=O)[O-])ccn3)n2)c1.O=C(O)c1ccnc(-c2cccc(-c3ccccn3)n2)c1.O=C=O.O=C=O.O=C=O.[N-]=C=S.[N-]=C=S.[N-]=C=S.[N-]=C=S.[Ru+2].[Ru+3]. The van der Waals surface area contributed by atoms with Gasteiger partial charge in [0.15, 0.2) is 0 Å². The molecule has 0 atom stereocenters. The van der Waals surface area contributed by atoms with E-state index >= 15 is 0 Å². The van der Waals surface area contributed by atoms with E-state index in [0.29, 0.717) is 34.2 Å². The first-order chi connectivity index (χ1) is 59.9. The van der Waals surface area contributed by atoms with Crippen molar-refractivity contribution in [3.05, 3.63) is 225 Å². The maximum absolute atomic E-state index is 12.7. The number of carboxylic acids is 2. The summed E-state index contributed by atoms with van der Waals surface area (Å²) in [5, 5.41) is 60.6. The molecule has 0 amide bonds. The van der Waals surface area contributed by atoms with E-state index in [0.717, 1.165) is 39.8 Å². The maximum Gasteiger partial charge on any atom is 3.00 e. The molecule has 0 bridgehead atoms. The first-order valence-electron chi connectivity index (χ1n) is 40.6. The molecule has 9 aromatic rings. The molecular formula is C93H114F3N15O10Ru2S4+. The van der Waals surface area contributed by atoms with E-state index in [1.54, 1.807) is 42.9 Å². The van der Waals surface area contributed by atoms with Crippen LogP contribution in [0.25, 0.3) is 90.7 Å². The predicted octanol–water partition coefficient (Wildman–Crippen LogP) is 21.3. The van der Waals surface area contributed by atoms with Crippen LogP contribution in [0, 0.1) is 6.92 Å². The minimum Gasteiger partial charge on any atom is -0.753 e. The number of pyridine rings is 7. The first-order valence-corrected chi connectivity index (χ1v) is 42.2. The number of nitrogens with zero attached hydrogens (tertiary/aromatic N) is 15. The van der Waals surface area contributed by atoms with Gasteiger partial charge in [0.25, 0.3) is 0 Å². The molecule has 0 fully saturated rings. The smallest absolute Gasteiger partial charge is 0.753 e. The number of aromatic carboxylic acids is 2. The minimum absolute atomic E-state index is 0. The minimum atomic E-state index is -4.51. The Balaban J connectivity index is -0.000000463. The molecule has 1 N–H and O–H groups in total. The number of quaternary nitrogens is 2. The summed E-state index contributed by atoms with van der Waals surface area (Å²) in [6.45, 7) is 38.5. The van der Waals surface area contributed by atoms with Crippen LogP contribution in [0.3, 0.4) is 0 Å². The van der Waals surface area contributed by atoms with Crippen LogP contribution in [0.1, 0.15) is 228 Å². The van der Waals surface area contributed by atoms with Gasteiger partial charge in [0.1, 0.15) is 5.69 Å². The van der Waals surface area contributed by atoms with Crippen molar-refractivity contribution in [3.8, 4) is 56.9 Å². The van der Waals surface area contributed by atoms with Gasteiger partial charge in [0.2, 0.25) is 0 Å². The van der Waals surface area contributed by atoms with Gasteiger partial charge in [-0.25, -0.2) is 14.8 Å². The van der Waals surface area contributed by atoms with Crippen LogP contribution in [-0.4, -0.2) is 157 Å². The summed E-state index contributed by atoms with van der Waals surface area (Å²) in [5.41, 5.74) is 9.14. The third-order valence-electron chi connectivity index (χ3n) is 18.1. The van der Waals surface area contributed by atoms with Crippen LogP contribution in [0.2, 0.25) is 0 Å². The number of hydrogen-bond donors (Lipinski definition) is 1. The Bertz CT molecular complexity index is 4550. The van der Waals surface area contributed by atoms with Gasteiger partial charge in [-0.05, 0) is 177 Å². The first kappa shape index (κ1) is 125. The summed E-state index contributed by atoms with van der Waals surface area (Å²) >= 11 is 14.8. The quantitative estimate of drug-likeness (QED) is 0.0173. The zero-order chi connectivity index (χ0) is 94.8. The molecule has 0 aliphatic rings. The van der Waals surface area contributed by atoms with Crippen molar-refractivity contribution in [2.45, 2.75) is 197 Å². The van der Waals surface area contributed by atoms with Gasteiger partial charge in [-0.15, -0.1) is 0 Å². The number of carbonyl (C=O) groups is 2. The van der Waals surface area contributed by atoms with E-state index < -0.39 is 23.8 Å². The standard InChI is InChI=1S/C21H19F3N3.C17H13N3O2.C16H11N3O2.2C16H36N.4CNS.3CO2.2Ru/c1-20(2,3)16-8-6-14(7-9-16)4-5-15-10-11-25-17(12-15)18-13-19(27-26-18)21(22,23)24;1-11-5-7-18-15(9-11)13-3-2-4-14(20-13)16-10-12(17(21)22)6-8-19-16;20-16(21)11-7-9-18-15(10-11)14-6-3-5-13(19-14)12-4-1-2-8-17-12;2*1-5-9-13-17(14-10-6-2,15-11-7-3)16-12-8-4;7*2-1-3;;/h4-13H,1-3H3;2-10H,1H3,(H,21,22);1-10H,(H,20,21);2*5-16H2,1-4H3;;;;;;;;;/q-1;;;2*+1;4*-1;;;;+2;+3/p-1/b5-4+;;;;;;;;;;;;;. The second kappa shape index (κ2) is 77.8. The monoisotopic (exact) mass is 1990 g/mol. The fourth-order valence-electron chi connectivity index (χ4n) is 11.9. The van der Waals surface area contributed by atoms with E-state index in [4.69, 9.17) is 55.5 Å². The van der Waals surface area contributed by atoms with Crippen molar-refractivity contribution in [2.75, 3.05) is 52.4 Å². The molecule has 1 radical (unpaired) electrons. The Labute approximate surface area is 792 Å². The van der Waals surface area contributed by atoms with Gasteiger partial charge in [0.05, 0.1) is 109 Å². The molecule has 681 valence electrons. The number of carboxylic acid groups (broad SMARTS) is 2. The van der Waals surface area contributed by atoms with Gasteiger partial charge >= 0.3 is 69.6 Å². The molecule has 9 rings (SSSR count).